The van der Waals surface area contributed by atoms with E-state index in [0.717, 1.165) is 44.1 Å². The maximum atomic E-state index is 5.45. The van der Waals surface area contributed by atoms with Gasteiger partial charge in [0.1, 0.15) is 5.82 Å². The van der Waals surface area contributed by atoms with Crippen molar-refractivity contribution in [3.63, 3.8) is 0 Å². The van der Waals surface area contributed by atoms with Gasteiger partial charge in [-0.15, -0.1) is 0 Å². The Labute approximate surface area is 120 Å². The molecule has 20 heavy (non-hydrogen) atoms. The second kappa shape index (κ2) is 5.41. The molecule has 0 saturated carbocycles. The van der Waals surface area contributed by atoms with Crippen LogP contribution in [-0.4, -0.2) is 31.3 Å². The fourth-order valence-corrected chi connectivity index (χ4v) is 3.06. The third kappa shape index (κ3) is 2.27. The lowest BCUT2D eigenvalue weighted by Gasteiger charge is -2.30. The molecule has 0 N–H and O–H groups in total. The number of nitrogens with zero attached hydrogens (tertiary/aromatic N) is 2. The summed E-state index contributed by atoms with van der Waals surface area (Å²) in [7, 11) is 0. The zero-order valence-corrected chi connectivity index (χ0v) is 12.6. The molecule has 0 radical (unpaired) electrons. The number of morpholine rings is 1. The van der Waals surface area contributed by atoms with Crippen molar-refractivity contribution in [2.45, 2.75) is 27.2 Å². The van der Waals surface area contributed by atoms with Crippen LogP contribution in [0.1, 0.15) is 23.6 Å². The van der Waals surface area contributed by atoms with Crippen molar-refractivity contribution in [2.75, 3.05) is 31.2 Å². The molecule has 0 aliphatic carbocycles. The number of anilines is 1. The van der Waals surface area contributed by atoms with E-state index in [-0.39, 0.29) is 0 Å². The molecule has 0 spiro atoms. The summed E-state index contributed by atoms with van der Waals surface area (Å²) in [5.74, 6) is 1.14. The van der Waals surface area contributed by atoms with E-state index < -0.39 is 0 Å². The Balaban J connectivity index is 2.17. The molecule has 1 aromatic carbocycles. The zero-order chi connectivity index (χ0) is 14.1. The lowest BCUT2D eigenvalue weighted by Crippen LogP contribution is -2.37. The summed E-state index contributed by atoms with van der Waals surface area (Å²) < 4.78 is 5.45. The quantitative estimate of drug-likeness (QED) is 0.837. The second-order valence-electron chi connectivity index (χ2n) is 5.51. The fourth-order valence-electron chi connectivity index (χ4n) is 3.06. The van der Waals surface area contributed by atoms with Gasteiger partial charge >= 0.3 is 0 Å². The average molecular weight is 270 g/mol. The molecule has 0 amide bonds. The first-order chi connectivity index (χ1) is 9.70. The van der Waals surface area contributed by atoms with E-state index in [1.54, 1.807) is 0 Å². The minimum Gasteiger partial charge on any atom is -0.378 e. The normalized spacial score (nSPS) is 15.8. The van der Waals surface area contributed by atoms with Crippen molar-refractivity contribution in [2.24, 2.45) is 0 Å². The van der Waals surface area contributed by atoms with Crippen molar-refractivity contribution >= 4 is 16.7 Å². The van der Waals surface area contributed by atoms with Crippen molar-refractivity contribution in [3.05, 3.63) is 34.9 Å². The van der Waals surface area contributed by atoms with Gasteiger partial charge in [0.15, 0.2) is 0 Å². The van der Waals surface area contributed by atoms with Crippen LogP contribution in [0.25, 0.3) is 10.9 Å². The van der Waals surface area contributed by atoms with E-state index >= 15 is 0 Å². The molecule has 0 bridgehead atoms. The van der Waals surface area contributed by atoms with Gasteiger partial charge in [0, 0.05) is 18.5 Å². The van der Waals surface area contributed by atoms with Crippen molar-refractivity contribution in [1.29, 1.82) is 0 Å². The highest BCUT2D eigenvalue weighted by Gasteiger charge is 2.18. The highest BCUT2D eigenvalue weighted by molar-refractivity contribution is 5.86. The van der Waals surface area contributed by atoms with E-state index in [9.17, 15) is 0 Å². The number of aryl methyl sites for hydroxylation is 2. The molecule has 0 unspecified atom stereocenters. The molecule has 1 saturated heterocycles. The molecule has 3 heteroatoms. The minimum absolute atomic E-state index is 0.800. The van der Waals surface area contributed by atoms with Crippen LogP contribution < -0.4 is 4.90 Å². The van der Waals surface area contributed by atoms with Crippen molar-refractivity contribution in [1.82, 2.24) is 4.98 Å². The first kappa shape index (κ1) is 13.4. The number of benzene rings is 1. The van der Waals surface area contributed by atoms with Gasteiger partial charge in [-0.25, -0.2) is 4.98 Å². The maximum absolute atomic E-state index is 5.45. The van der Waals surface area contributed by atoms with Crippen molar-refractivity contribution < 1.29 is 4.74 Å². The summed E-state index contributed by atoms with van der Waals surface area (Å²) in [6.07, 6.45) is 1.05. The van der Waals surface area contributed by atoms with Crippen LogP contribution in [-0.2, 0) is 11.2 Å². The molecule has 0 atom stereocenters. The van der Waals surface area contributed by atoms with Crippen LogP contribution in [0.15, 0.2) is 18.2 Å². The summed E-state index contributed by atoms with van der Waals surface area (Å²) in [4.78, 5) is 7.28. The summed E-state index contributed by atoms with van der Waals surface area (Å²) in [6.45, 7) is 10.1. The van der Waals surface area contributed by atoms with E-state index in [1.165, 1.54) is 22.1 Å². The molecule has 1 fully saturated rings. The van der Waals surface area contributed by atoms with Gasteiger partial charge in [-0.3, -0.25) is 0 Å². The predicted molar refractivity (Wildman–Crippen MR) is 83.6 cm³/mol. The number of aromatic nitrogens is 1. The Morgan fingerprint density at radius 1 is 1.20 bits per heavy atom. The lowest BCUT2D eigenvalue weighted by atomic mass is 9.99. The molecular formula is C17H22N2O. The average Bonchev–Trinajstić information content (AvgIpc) is 2.48. The molecular weight excluding hydrogens is 248 g/mol. The van der Waals surface area contributed by atoms with Crippen LogP contribution in [0.3, 0.4) is 0 Å². The molecule has 1 aromatic heterocycles. The first-order valence-corrected chi connectivity index (χ1v) is 7.43. The summed E-state index contributed by atoms with van der Waals surface area (Å²) in [6, 6.07) is 6.55. The molecule has 106 valence electrons. The van der Waals surface area contributed by atoms with Crippen LogP contribution in [0.2, 0.25) is 0 Å². The van der Waals surface area contributed by atoms with Crippen LogP contribution in [0, 0.1) is 13.8 Å². The Kier molecular flexibility index (Phi) is 3.62. The van der Waals surface area contributed by atoms with Crippen LogP contribution >= 0.6 is 0 Å². The topological polar surface area (TPSA) is 25.4 Å². The standard InChI is InChI=1S/C17H22N2O/c1-4-14-13(3)17(19-7-9-20-10-8-19)18-16-6-5-12(2)11-15(14)16/h5-6,11H,4,7-10H2,1-3H3. The molecule has 1 aliphatic heterocycles. The SMILES string of the molecule is CCc1c(C)c(N2CCOCC2)nc2ccc(C)cc12. The second-order valence-corrected chi connectivity index (χ2v) is 5.51. The third-order valence-corrected chi connectivity index (χ3v) is 4.16. The van der Waals surface area contributed by atoms with Crippen LogP contribution in [0.5, 0.6) is 0 Å². The van der Waals surface area contributed by atoms with E-state index in [4.69, 9.17) is 9.72 Å². The summed E-state index contributed by atoms with van der Waals surface area (Å²) >= 11 is 0. The van der Waals surface area contributed by atoms with E-state index in [1.807, 2.05) is 0 Å². The predicted octanol–water partition coefficient (Wildman–Crippen LogP) is 3.25. The largest absolute Gasteiger partial charge is 0.378 e. The van der Waals surface area contributed by atoms with Gasteiger partial charge in [0.2, 0.25) is 0 Å². The first-order valence-electron chi connectivity index (χ1n) is 7.43. The fraction of sp³-hybridized carbons (Fsp3) is 0.471. The monoisotopic (exact) mass is 270 g/mol. The zero-order valence-electron chi connectivity index (χ0n) is 12.6. The number of pyridine rings is 1. The highest BCUT2D eigenvalue weighted by Crippen LogP contribution is 2.29. The number of fused-ring (bicyclic) bond motifs is 1. The Hall–Kier alpha value is -1.61. The minimum atomic E-state index is 0.800. The summed E-state index contributed by atoms with van der Waals surface area (Å²) in [5, 5.41) is 1.31. The third-order valence-electron chi connectivity index (χ3n) is 4.16. The van der Waals surface area contributed by atoms with Gasteiger partial charge < -0.3 is 9.64 Å². The lowest BCUT2D eigenvalue weighted by molar-refractivity contribution is 0.122. The molecule has 2 aromatic rings. The Morgan fingerprint density at radius 3 is 2.65 bits per heavy atom. The number of rotatable bonds is 2. The Morgan fingerprint density at radius 2 is 1.95 bits per heavy atom. The number of hydrogen-bond acceptors (Lipinski definition) is 3. The van der Waals surface area contributed by atoms with E-state index in [2.05, 4.69) is 43.9 Å². The summed E-state index contributed by atoms with van der Waals surface area (Å²) in [5.41, 5.74) is 5.17. The molecule has 3 rings (SSSR count). The van der Waals surface area contributed by atoms with Crippen LogP contribution in [0.4, 0.5) is 5.82 Å². The van der Waals surface area contributed by atoms with E-state index in [0.29, 0.717) is 0 Å². The molecule has 2 heterocycles. The number of hydrogen-bond donors (Lipinski definition) is 0. The molecule has 1 aliphatic rings. The van der Waals surface area contributed by atoms with Gasteiger partial charge in [-0.2, -0.15) is 0 Å². The van der Waals surface area contributed by atoms with Gasteiger partial charge in [-0.1, -0.05) is 18.6 Å². The van der Waals surface area contributed by atoms with Gasteiger partial charge in [0.05, 0.1) is 18.7 Å². The maximum Gasteiger partial charge on any atom is 0.132 e. The van der Waals surface area contributed by atoms with Crippen molar-refractivity contribution in [3.8, 4) is 0 Å². The van der Waals surface area contributed by atoms with Gasteiger partial charge in [0.25, 0.3) is 0 Å². The highest BCUT2D eigenvalue weighted by atomic mass is 16.5. The Bertz CT molecular complexity index is 630. The van der Waals surface area contributed by atoms with Gasteiger partial charge in [-0.05, 0) is 43.5 Å². The smallest absolute Gasteiger partial charge is 0.132 e. The molecule has 3 nitrogen and oxygen atoms in total. The number of ether oxygens (including phenoxy) is 1.